The highest BCUT2D eigenvalue weighted by Gasteiger charge is 2.18. The molecule has 7 heteroatoms. The lowest BCUT2D eigenvalue weighted by Gasteiger charge is -2.13. The number of aromatic carboxylic acids is 1. The molecule has 5 rings (SSSR count). The molecule has 0 radical (unpaired) electrons. The molecule has 0 aliphatic carbocycles. The highest BCUT2D eigenvalue weighted by Crippen LogP contribution is 2.37. The van der Waals surface area contributed by atoms with Crippen LogP contribution in [0.25, 0.3) is 33.1 Å². The first-order valence-corrected chi connectivity index (χ1v) is 8.89. The number of carboxylic acid groups (broad SMARTS) is 1. The second-order valence-corrected chi connectivity index (χ2v) is 6.42. The van der Waals surface area contributed by atoms with E-state index in [1.807, 2.05) is 36.4 Å². The quantitative estimate of drug-likeness (QED) is 0.469. The van der Waals surface area contributed by atoms with Crippen molar-refractivity contribution in [3.8, 4) is 22.8 Å². The van der Waals surface area contributed by atoms with Crippen molar-refractivity contribution in [3.05, 3.63) is 78.6 Å². The molecule has 3 heterocycles. The number of aromatic amines is 1. The summed E-state index contributed by atoms with van der Waals surface area (Å²) in [6.45, 7) is 0. The molecule has 0 fully saturated rings. The molecule has 0 saturated heterocycles. The lowest BCUT2D eigenvalue weighted by atomic mass is 10.0. The number of nitrogens with one attached hydrogen (secondary N) is 1. The molecule has 29 heavy (non-hydrogen) atoms. The minimum absolute atomic E-state index is 0.181. The fourth-order valence-electron chi connectivity index (χ4n) is 3.32. The normalized spacial score (nSPS) is 11.0. The maximum atomic E-state index is 11.7. The molecule has 2 N–H and O–H groups in total. The van der Waals surface area contributed by atoms with E-state index in [-0.39, 0.29) is 5.56 Å². The molecule has 5 aromatic rings. The van der Waals surface area contributed by atoms with Crippen LogP contribution in [-0.4, -0.2) is 31.2 Å². The van der Waals surface area contributed by atoms with Crippen molar-refractivity contribution in [2.45, 2.75) is 0 Å². The smallest absolute Gasteiger partial charge is 0.336 e. The molecule has 0 aliphatic heterocycles. The molecule has 0 saturated carbocycles. The number of nitrogens with zero attached hydrogens (tertiary/aromatic N) is 3. The predicted molar refractivity (Wildman–Crippen MR) is 108 cm³/mol. The number of carboxylic acids is 1. The van der Waals surface area contributed by atoms with E-state index in [1.165, 1.54) is 0 Å². The van der Waals surface area contributed by atoms with Gasteiger partial charge in [0.25, 0.3) is 0 Å². The Kier molecular flexibility index (Phi) is 3.91. The van der Waals surface area contributed by atoms with Crippen LogP contribution in [0.5, 0.6) is 11.6 Å². The summed E-state index contributed by atoms with van der Waals surface area (Å²) in [5.74, 6) is -0.00399. The van der Waals surface area contributed by atoms with Gasteiger partial charge in [0.2, 0.25) is 5.88 Å². The summed E-state index contributed by atoms with van der Waals surface area (Å²) in [7, 11) is 0. The van der Waals surface area contributed by atoms with Crippen LogP contribution in [0.15, 0.2) is 73.1 Å². The van der Waals surface area contributed by atoms with Crippen LogP contribution in [0.3, 0.4) is 0 Å². The van der Waals surface area contributed by atoms with Crippen LogP contribution >= 0.6 is 0 Å². The van der Waals surface area contributed by atoms with Gasteiger partial charge in [0.1, 0.15) is 5.75 Å². The van der Waals surface area contributed by atoms with Crippen LogP contribution in [0.4, 0.5) is 0 Å². The van der Waals surface area contributed by atoms with Gasteiger partial charge in [-0.1, -0.05) is 24.3 Å². The number of ether oxygens (including phenoxy) is 1. The zero-order valence-electron chi connectivity index (χ0n) is 15.0. The fraction of sp³-hybridized carbons (Fsp3) is 0. The van der Waals surface area contributed by atoms with Crippen LogP contribution in [0.2, 0.25) is 0 Å². The molecule has 0 unspecified atom stereocenters. The molecule has 0 aliphatic rings. The van der Waals surface area contributed by atoms with E-state index in [0.29, 0.717) is 33.7 Å². The van der Waals surface area contributed by atoms with Gasteiger partial charge in [-0.3, -0.25) is 5.10 Å². The van der Waals surface area contributed by atoms with Crippen molar-refractivity contribution >= 4 is 27.9 Å². The van der Waals surface area contributed by atoms with E-state index in [1.54, 1.807) is 36.7 Å². The Labute approximate surface area is 164 Å². The minimum Gasteiger partial charge on any atom is -0.478 e. The molecule has 0 bridgehead atoms. The lowest BCUT2D eigenvalue weighted by Crippen LogP contribution is -2.00. The van der Waals surface area contributed by atoms with E-state index in [4.69, 9.17) is 4.74 Å². The Morgan fingerprint density at radius 1 is 0.966 bits per heavy atom. The SMILES string of the molecule is O=C(O)c1cccc2nc(Oc3ccccc3)c(-c3ccnc4[nH]ncc34)cc12. The van der Waals surface area contributed by atoms with Crippen LogP contribution < -0.4 is 4.74 Å². The maximum Gasteiger partial charge on any atom is 0.336 e. The average molecular weight is 382 g/mol. The Bertz CT molecular complexity index is 1360. The van der Waals surface area contributed by atoms with Crippen molar-refractivity contribution < 1.29 is 14.6 Å². The Morgan fingerprint density at radius 2 is 1.83 bits per heavy atom. The van der Waals surface area contributed by atoms with E-state index in [0.717, 1.165) is 10.9 Å². The van der Waals surface area contributed by atoms with Crippen molar-refractivity contribution in [2.75, 3.05) is 0 Å². The van der Waals surface area contributed by atoms with Crippen molar-refractivity contribution in [1.29, 1.82) is 0 Å². The molecule has 0 atom stereocenters. The standard InChI is InChI=1S/C22H14N4O3/c27-22(28)15-7-4-8-19-16(15)11-17(14-9-10-23-20-18(14)12-24-26-20)21(25-19)29-13-5-2-1-3-6-13/h1-12H,(H,27,28)(H,23,24,26). The number of fused-ring (bicyclic) bond motifs is 2. The highest BCUT2D eigenvalue weighted by molar-refractivity contribution is 6.05. The minimum atomic E-state index is -1.01. The zero-order chi connectivity index (χ0) is 19.8. The average Bonchev–Trinajstić information content (AvgIpc) is 3.22. The van der Waals surface area contributed by atoms with E-state index >= 15 is 0 Å². The van der Waals surface area contributed by atoms with E-state index < -0.39 is 5.97 Å². The largest absolute Gasteiger partial charge is 0.478 e. The van der Waals surface area contributed by atoms with Gasteiger partial charge in [-0.25, -0.2) is 14.8 Å². The second kappa shape index (κ2) is 6.72. The van der Waals surface area contributed by atoms with Crippen molar-refractivity contribution in [2.24, 2.45) is 0 Å². The summed E-state index contributed by atoms with van der Waals surface area (Å²) < 4.78 is 6.09. The Hall–Kier alpha value is -4.26. The van der Waals surface area contributed by atoms with Gasteiger partial charge < -0.3 is 9.84 Å². The molecule has 3 aromatic heterocycles. The number of carbonyl (C=O) groups is 1. The summed E-state index contributed by atoms with van der Waals surface area (Å²) in [4.78, 5) is 20.6. The number of benzene rings is 2. The molecular formula is C22H14N4O3. The number of hydrogen-bond donors (Lipinski definition) is 2. The third-order valence-electron chi connectivity index (χ3n) is 4.66. The lowest BCUT2D eigenvalue weighted by molar-refractivity contribution is 0.0699. The summed E-state index contributed by atoms with van der Waals surface area (Å²) in [6, 6.07) is 18.0. The molecule has 7 nitrogen and oxygen atoms in total. The fourth-order valence-corrected chi connectivity index (χ4v) is 3.32. The first kappa shape index (κ1) is 16.9. The topological polar surface area (TPSA) is 101 Å². The molecular weight excluding hydrogens is 368 g/mol. The molecule has 2 aromatic carbocycles. The number of rotatable bonds is 4. The zero-order valence-corrected chi connectivity index (χ0v) is 15.0. The van der Waals surface area contributed by atoms with E-state index in [9.17, 15) is 9.90 Å². The number of para-hydroxylation sites is 1. The van der Waals surface area contributed by atoms with Crippen LogP contribution in [0.1, 0.15) is 10.4 Å². The third kappa shape index (κ3) is 2.94. The van der Waals surface area contributed by atoms with Gasteiger partial charge >= 0.3 is 5.97 Å². The van der Waals surface area contributed by atoms with Gasteiger partial charge in [0.05, 0.1) is 17.3 Å². The van der Waals surface area contributed by atoms with Gasteiger partial charge in [0, 0.05) is 28.1 Å². The van der Waals surface area contributed by atoms with Gasteiger partial charge in [-0.2, -0.15) is 5.10 Å². The molecule has 0 amide bonds. The van der Waals surface area contributed by atoms with Crippen molar-refractivity contribution in [3.63, 3.8) is 0 Å². The number of pyridine rings is 2. The second-order valence-electron chi connectivity index (χ2n) is 6.42. The first-order valence-electron chi connectivity index (χ1n) is 8.89. The van der Waals surface area contributed by atoms with Gasteiger partial charge in [-0.05, 0) is 36.4 Å². The summed E-state index contributed by atoms with van der Waals surface area (Å²) in [6.07, 6.45) is 3.34. The van der Waals surface area contributed by atoms with Gasteiger partial charge in [0.15, 0.2) is 5.65 Å². The third-order valence-corrected chi connectivity index (χ3v) is 4.66. The monoisotopic (exact) mass is 382 g/mol. The van der Waals surface area contributed by atoms with Crippen LogP contribution in [0, 0.1) is 0 Å². The Morgan fingerprint density at radius 3 is 2.66 bits per heavy atom. The summed E-state index contributed by atoms with van der Waals surface area (Å²) >= 11 is 0. The number of hydrogen-bond acceptors (Lipinski definition) is 5. The van der Waals surface area contributed by atoms with Crippen LogP contribution in [-0.2, 0) is 0 Å². The summed E-state index contributed by atoms with van der Waals surface area (Å²) in [5.41, 5.74) is 2.80. The van der Waals surface area contributed by atoms with Crippen molar-refractivity contribution in [1.82, 2.24) is 20.2 Å². The highest BCUT2D eigenvalue weighted by atomic mass is 16.5. The number of H-pyrrole nitrogens is 1. The van der Waals surface area contributed by atoms with E-state index in [2.05, 4.69) is 20.2 Å². The predicted octanol–water partition coefficient (Wildman–Crippen LogP) is 4.66. The molecule has 140 valence electrons. The maximum absolute atomic E-state index is 11.7. The summed E-state index contributed by atoms with van der Waals surface area (Å²) in [5, 5.41) is 17.8. The van der Waals surface area contributed by atoms with Gasteiger partial charge in [-0.15, -0.1) is 0 Å². The number of aromatic nitrogens is 4. The molecule has 0 spiro atoms. The Balaban J connectivity index is 1.81. The first-order chi connectivity index (χ1) is 14.2.